The molecular weight excluding hydrogens is 370 g/mol. The summed E-state index contributed by atoms with van der Waals surface area (Å²) in [5.41, 5.74) is 5.18. The van der Waals surface area contributed by atoms with E-state index in [2.05, 4.69) is 10.3 Å². The number of carbonyl (C=O) groups excluding carboxylic acids is 1. The highest BCUT2D eigenvalue weighted by atomic mass is 32.1. The summed E-state index contributed by atoms with van der Waals surface area (Å²) in [7, 11) is 0. The van der Waals surface area contributed by atoms with E-state index in [0.29, 0.717) is 10.6 Å². The van der Waals surface area contributed by atoms with Gasteiger partial charge in [-0.15, -0.1) is 11.3 Å². The highest BCUT2D eigenvalue weighted by molar-refractivity contribution is 7.15. The molecule has 1 amide bonds. The molecule has 5 nitrogen and oxygen atoms in total. The summed E-state index contributed by atoms with van der Waals surface area (Å²) in [6.07, 6.45) is 1.35. The molecule has 0 aliphatic heterocycles. The number of nitrogens with zero attached hydrogens (tertiary/aromatic N) is 2. The maximum atomic E-state index is 13.1. The number of rotatable bonds is 3. The van der Waals surface area contributed by atoms with Crippen LogP contribution in [0.3, 0.4) is 0 Å². The van der Waals surface area contributed by atoms with E-state index in [4.69, 9.17) is 0 Å². The summed E-state index contributed by atoms with van der Waals surface area (Å²) in [4.78, 5) is 30.7. The third-order valence-electron chi connectivity index (χ3n) is 4.52. The average Bonchev–Trinajstić information content (AvgIpc) is 3.06. The van der Waals surface area contributed by atoms with Crippen molar-refractivity contribution >= 4 is 27.9 Å². The van der Waals surface area contributed by atoms with Crippen LogP contribution in [0, 0.1) is 20.8 Å². The molecule has 28 heavy (non-hydrogen) atoms. The standard InChI is InChI=1S/C22H19N3O2S/c1-13-4-6-16(7-5-13)19-12-28-22-23-11-18(21(27)25(19)22)20(26)24-17-9-14(2)8-15(3)10-17/h4-12H,1-3H3,(H,24,26). The number of anilines is 1. The molecule has 0 saturated heterocycles. The minimum atomic E-state index is -0.460. The first-order chi connectivity index (χ1) is 13.4. The zero-order chi connectivity index (χ0) is 19.8. The number of hydrogen-bond acceptors (Lipinski definition) is 4. The van der Waals surface area contributed by atoms with Crippen LogP contribution in [0.15, 0.2) is 58.8 Å². The number of aryl methyl sites for hydroxylation is 3. The maximum absolute atomic E-state index is 13.1. The highest BCUT2D eigenvalue weighted by Crippen LogP contribution is 2.24. The Bertz CT molecular complexity index is 1230. The van der Waals surface area contributed by atoms with Crippen LogP contribution in [0.5, 0.6) is 0 Å². The number of amides is 1. The molecule has 0 aliphatic rings. The predicted octanol–water partition coefficient (Wildman–Crippen LogP) is 4.60. The molecule has 0 saturated carbocycles. The quantitative estimate of drug-likeness (QED) is 0.557. The molecule has 0 aliphatic carbocycles. The molecule has 0 spiro atoms. The Hall–Kier alpha value is -3.25. The van der Waals surface area contributed by atoms with Crippen molar-refractivity contribution in [1.82, 2.24) is 9.38 Å². The molecule has 0 atom stereocenters. The van der Waals surface area contributed by atoms with Crippen molar-refractivity contribution < 1.29 is 4.79 Å². The Kier molecular flexibility index (Phi) is 4.57. The van der Waals surface area contributed by atoms with Crippen LogP contribution in [0.4, 0.5) is 5.69 Å². The van der Waals surface area contributed by atoms with Crippen molar-refractivity contribution in [3.8, 4) is 11.3 Å². The molecule has 0 unspecified atom stereocenters. The summed E-state index contributed by atoms with van der Waals surface area (Å²) in [6, 6.07) is 13.7. The van der Waals surface area contributed by atoms with Crippen LogP contribution in [-0.4, -0.2) is 15.3 Å². The number of hydrogen-bond donors (Lipinski definition) is 1. The summed E-state index contributed by atoms with van der Waals surface area (Å²) in [5, 5.41) is 4.70. The summed E-state index contributed by atoms with van der Waals surface area (Å²) in [6.45, 7) is 5.94. The lowest BCUT2D eigenvalue weighted by molar-refractivity contribution is 0.102. The fourth-order valence-electron chi connectivity index (χ4n) is 3.22. The van der Waals surface area contributed by atoms with Gasteiger partial charge < -0.3 is 5.32 Å². The lowest BCUT2D eigenvalue weighted by Gasteiger charge is -2.08. The van der Waals surface area contributed by atoms with Gasteiger partial charge in [0.15, 0.2) is 4.96 Å². The van der Waals surface area contributed by atoms with Crippen molar-refractivity contribution in [2.45, 2.75) is 20.8 Å². The van der Waals surface area contributed by atoms with E-state index in [0.717, 1.165) is 27.9 Å². The molecule has 1 N–H and O–H groups in total. The number of nitrogens with one attached hydrogen (secondary N) is 1. The van der Waals surface area contributed by atoms with E-state index in [-0.39, 0.29) is 11.1 Å². The van der Waals surface area contributed by atoms with E-state index in [1.807, 2.05) is 68.6 Å². The Morgan fingerprint density at radius 3 is 2.36 bits per heavy atom. The van der Waals surface area contributed by atoms with Gasteiger partial charge in [-0.2, -0.15) is 0 Å². The molecule has 0 fully saturated rings. The van der Waals surface area contributed by atoms with Gasteiger partial charge in [-0.25, -0.2) is 4.98 Å². The minimum absolute atomic E-state index is 0.0171. The van der Waals surface area contributed by atoms with Gasteiger partial charge in [0.05, 0.1) is 5.69 Å². The molecular formula is C22H19N3O2S. The summed E-state index contributed by atoms with van der Waals surface area (Å²) in [5.74, 6) is -0.460. The van der Waals surface area contributed by atoms with Gasteiger partial charge in [-0.1, -0.05) is 35.9 Å². The summed E-state index contributed by atoms with van der Waals surface area (Å²) >= 11 is 1.38. The number of aromatic nitrogens is 2. The van der Waals surface area contributed by atoms with Gasteiger partial charge in [0.1, 0.15) is 5.56 Å². The van der Waals surface area contributed by atoms with Crippen LogP contribution in [0.2, 0.25) is 0 Å². The first-order valence-electron chi connectivity index (χ1n) is 8.88. The monoisotopic (exact) mass is 389 g/mol. The molecule has 0 radical (unpaired) electrons. The zero-order valence-electron chi connectivity index (χ0n) is 15.8. The second-order valence-corrected chi connectivity index (χ2v) is 7.75. The van der Waals surface area contributed by atoms with Gasteiger partial charge in [0.25, 0.3) is 11.5 Å². The van der Waals surface area contributed by atoms with E-state index >= 15 is 0 Å². The fraction of sp³-hybridized carbons (Fsp3) is 0.136. The van der Waals surface area contributed by atoms with E-state index in [1.165, 1.54) is 21.9 Å². The summed E-state index contributed by atoms with van der Waals surface area (Å²) < 4.78 is 1.51. The Morgan fingerprint density at radius 1 is 1.00 bits per heavy atom. The van der Waals surface area contributed by atoms with Gasteiger partial charge in [0.2, 0.25) is 0 Å². The van der Waals surface area contributed by atoms with E-state index < -0.39 is 5.91 Å². The number of carbonyl (C=O) groups is 1. The van der Waals surface area contributed by atoms with Crippen molar-refractivity contribution in [1.29, 1.82) is 0 Å². The van der Waals surface area contributed by atoms with Crippen LogP contribution in [0.25, 0.3) is 16.2 Å². The maximum Gasteiger partial charge on any atom is 0.271 e. The van der Waals surface area contributed by atoms with Crippen LogP contribution >= 0.6 is 11.3 Å². The largest absolute Gasteiger partial charge is 0.322 e. The molecule has 2 aromatic heterocycles. The second-order valence-electron chi connectivity index (χ2n) is 6.91. The van der Waals surface area contributed by atoms with Crippen LogP contribution < -0.4 is 10.9 Å². The fourth-order valence-corrected chi connectivity index (χ4v) is 4.08. The second kappa shape index (κ2) is 7.05. The average molecular weight is 389 g/mol. The molecule has 6 heteroatoms. The number of thiazole rings is 1. The molecule has 2 heterocycles. The van der Waals surface area contributed by atoms with E-state index in [9.17, 15) is 9.59 Å². The third kappa shape index (κ3) is 3.34. The van der Waals surface area contributed by atoms with Gasteiger partial charge in [-0.3, -0.25) is 14.0 Å². The molecule has 140 valence electrons. The highest BCUT2D eigenvalue weighted by Gasteiger charge is 2.17. The van der Waals surface area contributed by atoms with E-state index in [1.54, 1.807) is 0 Å². The first kappa shape index (κ1) is 18.1. The normalized spacial score (nSPS) is 11.0. The van der Waals surface area contributed by atoms with Crippen molar-refractivity contribution in [2.24, 2.45) is 0 Å². The minimum Gasteiger partial charge on any atom is -0.322 e. The lowest BCUT2D eigenvalue weighted by atomic mass is 10.1. The van der Waals surface area contributed by atoms with Crippen LogP contribution in [-0.2, 0) is 0 Å². The molecule has 4 aromatic rings. The Morgan fingerprint density at radius 2 is 1.68 bits per heavy atom. The zero-order valence-corrected chi connectivity index (χ0v) is 16.6. The van der Waals surface area contributed by atoms with Crippen molar-refractivity contribution in [2.75, 3.05) is 5.32 Å². The van der Waals surface area contributed by atoms with Crippen molar-refractivity contribution in [3.05, 3.63) is 86.6 Å². The Labute approximate surface area is 166 Å². The van der Waals surface area contributed by atoms with Gasteiger partial charge in [-0.05, 0) is 49.6 Å². The first-order valence-corrected chi connectivity index (χ1v) is 9.76. The van der Waals surface area contributed by atoms with Crippen LogP contribution in [0.1, 0.15) is 27.0 Å². The SMILES string of the molecule is Cc1ccc(-c2csc3ncc(C(=O)Nc4cc(C)cc(C)c4)c(=O)n23)cc1. The Balaban J connectivity index is 1.77. The third-order valence-corrected chi connectivity index (χ3v) is 5.36. The smallest absolute Gasteiger partial charge is 0.271 e. The van der Waals surface area contributed by atoms with Crippen molar-refractivity contribution in [3.63, 3.8) is 0 Å². The topological polar surface area (TPSA) is 63.5 Å². The lowest BCUT2D eigenvalue weighted by Crippen LogP contribution is -2.26. The molecule has 0 bridgehead atoms. The predicted molar refractivity (Wildman–Crippen MR) is 113 cm³/mol. The molecule has 4 rings (SSSR count). The molecule has 2 aromatic carbocycles. The number of fused-ring (bicyclic) bond motifs is 1. The van der Waals surface area contributed by atoms with Gasteiger partial charge >= 0.3 is 0 Å². The number of benzene rings is 2. The van der Waals surface area contributed by atoms with Gasteiger partial charge in [0, 0.05) is 17.3 Å².